The Hall–Kier alpha value is -3.14. The molecule has 0 saturated carbocycles. The minimum absolute atomic E-state index is 0.427. The highest BCUT2D eigenvalue weighted by molar-refractivity contribution is 5.81. The maximum absolute atomic E-state index is 5.57. The summed E-state index contributed by atoms with van der Waals surface area (Å²) in [4.78, 5) is 18.3. The fraction of sp³-hybridized carbons (Fsp3) is 0.545. The number of ether oxygens (including phenoxy) is 3. The number of aromatic nitrogens is 3. The van der Waals surface area contributed by atoms with Crippen molar-refractivity contribution in [2.24, 2.45) is 5.10 Å². The van der Waals surface area contributed by atoms with Gasteiger partial charge in [-0.1, -0.05) is 0 Å². The Bertz CT molecular complexity index is 876. The van der Waals surface area contributed by atoms with Crippen molar-refractivity contribution in [1.82, 2.24) is 15.0 Å². The van der Waals surface area contributed by atoms with Crippen molar-refractivity contribution in [3.05, 3.63) is 23.8 Å². The van der Waals surface area contributed by atoms with Crippen LogP contribution in [0.4, 0.5) is 17.8 Å². The van der Waals surface area contributed by atoms with Crippen molar-refractivity contribution < 1.29 is 14.2 Å². The van der Waals surface area contributed by atoms with Gasteiger partial charge in [-0.2, -0.15) is 20.1 Å². The summed E-state index contributed by atoms with van der Waals surface area (Å²) >= 11 is 0. The SMILES string of the molecule is CCOc1ccc(/C=N\Nc2nc(N3CCCCC3)nc(N3CCOCC3)n2)cc1OC. The summed E-state index contributed by atoms with van der Waals surface area (Å²) in [5.41, 5.74) is 3.85. The summed E-state index contributed by atoms with van der Waals surface area (Å²) < 4.78 is 16.4. The van der Waals surface area contributed by atoms with E-state index in [1.54, 1.807) is 13.3 Å². The molecule has 3 heterocycles. The van der Waals surface area contributed by atoms with Crippen molar-refractivity contribution in [3.8, 4) is 11.5 Å². The lowest BCUT2D eigenvalue weighted by Gasteiger charge is -2.30. The van der Waals surface area contributed by atoms with Gasteiger partial charge in [0.05, 0.1) is 33.1 Å². The molecular formula is C22H31N7O3. The Labute approximate surface area is 188 Å². The van der Waals surface area contributed by atoms with Gasteiger partial charge >= 0.3 is 0 Å². The summed E-state index contributed by atoms with van der Waals surface area (Å²) in [7, 11) is 1.62. The average molecular weight is 442 g/mol. The van der Waals surface area contributed by atoms with Crippen LogP contribution >= 0.6 is 0 Å². The van der Waals surface area contributed by atoms with E-state index >= 15 is 0 Å². The van der Waals surface area contributed by atoms with Crippen LogP contribution in [-0.2, 0) is 4.74 Å². The molecular weight excluding hydrogens is 410 g/mol. The topological polar surface area (TPSA) is 97.2 Å². The Morgan fingerprint density at radius 2 is 1.72 bits per heavy atom. The number of piperidine rings is 1. The van der Waals surface area contributed by atoms with Gasteiger partial charge < -0.3 is 24.0 Å². The summed E-state index contributed by atoms with van der Waals surface area (Å²) in [6, 6.07) is 5.67. The summed E-state index contributed by atoms with van der Waals surface area (Å²) in [5.74, 6) is 3.15. The highest BCUT2D eigenvalue weighted by Gasteiger charge is 2.20. The number of rotatable bonds is 8. The number of hydrazone groups is 1. The second-order valence-corrected chi connectivity index (χ2v) is 7.62. The van der Waals surface area contributed by atoms with Crippen LogP contribution in [0.5, 0.6) is 11.5 Å². The Kier molecular flexibility index (Phi) is 7.55. The van der Waals surface area contributed by atoms with Crippen LogP contribution in [0.25, 0.3) is 0 Å². The molecule has 0 radical (unpaired) electrons. The van der Waals surface area contributed by atoms with E-state index in [0.29, 0.717) is 49.2 Å². The first-order chi connectivity index (χ1) is 15.8. The predicted molar refractivity (Wildman–Crippen MR) is 124 cm³/mol. The fourth-order valence-corrected chi connectivity index (χ4v) is 3.75. The highest BCUT2D eigenvalue weighted by Crippen LogP contribution is 2.27. The standard InChI is InChI=1S/C22H31N7O3/c1-3-32-18-8-7-17(15-19(18)30-2)16-23-27-20-24-21(28-9-5-4-6-10-28)26-22(25-20)29-11-13-31-14-12-29/h7-8,15-16H,3-6,9-14H2,1-2H3,(H,24,25,26,27)/b23-16-. The Morgan fingerprint density at radius 1 is 1.00 bits per heavy atom. The minimum atomic E-state index is 0.427. The summed E-state index contributed by atoms with van der Waals surface area (Å²) in [5, 5.41) is 4.35. The minimum Gasteiger partial charge on any atom is -0.493 e. The van der Waals surface area contributed by atoms with Gasteiger partial charge in [-0.3, -0.25) is 0 Å². The van der Waals surface area contributed by atoms with E-state index in [4.69, 9.17) is 19.2 Å². The second kappa shape index (κ2) is 10.9. The van der Waals surface area contributed by atoms with Crippen molar-refractivity contribution in [2.45, 2.75) is 26.2 Å². The zero-order valence-electron chi connectivity index (χ0n) is 18.8. The number of nitrogens with one attached hydrogen (secondary N) is 1. The zero-order chi connectivity index (χ0) is 22.2. The molecule has 2 aliphatic heterocycles. The lowest BCUT2D eigenvalue weighted by Crippen LogP contribution is -2.38. The van der Waals surface area contributed by atoms with E-state index in [1.807, 2.05) is 25.1 Å². The molecule has 4 rings (SSSR count). The Balaban J connectivity index is 1.52. The van der Waals surface area contributed by atoms with Crippen LogP contribution in [0.3, 0.4) is 0 Å². The number of hydrogen-bond donors (Lipinski definition) is 1. The van der Waals surface area contributed by atoms with E-state index in [9.17, 15) is 0 Å². The third-order valence-corrected chi connectivity index (χ3v) is 5.41. The van der Waals surface area contributed by atoms with Crippen LogP contribution in [0.2, 0.25) is 0 Å². The quantitative estimate of drug-likeness (QED) is 0.489. The third-order valence-electron chi connectivity index (χ3n) is 5.41. The number of nitrogens with zero attached hydrogens (tertiary/aromatic N) is 6. The van der Waals surface area contributed by atoms with Gasteiger partial charge in [-0.15, -0.1) is 0 Å². The van der Waals surface area contributed by atoms with E-state index < -0.39 is 0 Å². The molecule has 0 unspecified atom stereocenters. The highest BCUT2D eigenvalue weighted by atomic mass is 16.5. The maximum atomic E-state index is 5.57. The summed E-state index contributed by atoms with van der Waals surface area (Å²) in [6.07, 6.45) is 5.26. The molecule has 2 aromatic rings. The van der Waals surface area contributed by atoms with Crippen molar-refractivity contribution in [1.29, 1.82) is 0 Å². The van der Waals surface area contributed by atoms with Crippen LogP contribution in [-0.4, -0.2) is 74.3 Å². The molecule has 32 heavy (non-hydrogen) atoms. The van der Waals surface area contributed by atoms with E-state index in [-0.39, 0.29) is 0 Å². The first-order valence-electron chi connectivity index (χ1n) is 11.2. The first kappa shape index (κ1) is 22.1. The summed E-state index contributed by atoms with van der Waals surface area (Å²) in [6.45, 7) is 7.31. The van der Waals surface area contributed by atoms with Gasteiger partial charge in [0.25, 0.3) is 0 Å². The molecule has 0 aliphatic carbocycles. The molecule has 1 N–H and O–H groups in total. The fourth-order valence-electron chi connectivity index (χ4n) is 3.75. The molecule has 0 bridgehead atoms. The van der Waals surface area contributed by atoms with E-state index in [0.717, 1.165) is 44.6 Å². The van der Waals surface area contributed by atoms with Crippen LogP contribution < -0.4 is 24.7 Å². The van der Waals surface area contributed by atoms with E-state index in [2.05, 4.69) is 30.3 Å². The first-order valence-corrected chi connectivity index (χ1v) is 11.2. The monoisotopic (exact) mass is 441 g/mol. The maximum Gasteiger partial charge on any atom is 0.250 e. The number of anilines is 3. The van der Waals surface area contributed by atoms with Crippen molar-refractivity contribution >= 4 is 24.1 Å². The smallest absolute Gasteiger partial charge is 0.250 e. The molecule has 10 heteroatoms. The molecule has 0 atom stereocenters. The van der Waals surface area contributed by atoms with Gasteiger partial charge in [0, 0.05) is 26.2 Å². The van der Waals surface area contributed by atoms with Crippen LogP contribution in [0.15, 0.2) is 23.3 Å². The molecule has 0 spiro atoms. The largest absolute Gasteiger partial charge is 0.493 e. The van der Waals surface area contributed by atoms with Gasteiger partial charge in [0.15, 0.2) is 11.5 Å². The molecule has 10 nitrogen and oxygen atoms in total. The van der Waals surface area contributed by atoms with Crippen LogP contribution in [0, 0.1) is 0 Å². The van der Waals surface area contributed by atoms with Crippen LogP contribution in [0.1, 0.15) is 31.7 Å². The number of methoxy groups -OCH3 is 1. The average Bonchev–Trinajstić information content (AvgIpc) is 2.86. The zero-order valence-corrected chi connectivity index (χ0v) is 18.8. The molecule has 1 aromatic heterocycles. The van der Waals surface area contributed by atoms with Gasteiger partial charge in [-0.05, 0) is 49.9 Å². The Morgan fingerprint density at radius 3 is 2.41 bits per heavy atom. The molecule has 2 aliphatic rings. The molecule has 172 valence electrons. The lowest BCUT2D eigenvalue weighted by atomic mass is 10.1. The van der Waals surface area contributed by atoms with Gasteiger partial charge in [0.2, 0.25) is 17.8 Å². The molecule has 2 saturated heterocycles. The van der Waals surface area contributed by atoms with Crippen molar-refractivity contribution in [2.75, 3.05) is 68.3 Å². The number of morpholine rings is 1. The van der Waals surface area contributed by atoms with Crippen molar-refractivity contribution in [3.63, 3.8) is 0 Å². The van der Waals surface area contributed by atoms with Gasteiger partial charge in [-0.25, -0.2) is 5.43 Å². The predicted octanol–water partition coefficient (Wildman–Crippen LogP) is 2.55. The van der Waals surface area contributed by atoms with Gasteiger partial charge in [0.1, 0.15) is 0 Å². The molecule has 2 fully saturated rings. The normalized spacial score (nSPS) is 16.9. The second-order valence-electron chi connectivity index (χ2n) is 7.62. The molecule has 0 amide bonds. The lowest BCUT2D eigenvalue weighted by molar-refractivity contribution is 0.122. The number of benzene rings is 1. The molecule has 1 aromatic carbocycles. The number of hydrogen-bond acceptors (Lipinski definition) is 10. The third kappa shape index (κ3) is 5.56. The van der Waals surface area contributed by atoms with E-state index in [1.165, 1.54) is 6.42 Å².